The van der Waals surface area contributed by atoms with Crippen molar-refractivity contribution in [2.24, 2.45) is 5.10 Å². The molecule has 29 heavy (non-hydrogen) atoms. The molecule has 0 spiro atoms. The van der Waals surface area contributed by atoms with E-state index < -0.39 is 0 Å². The minimum absolute atomic E-state index is 0.171. The van der Waals surface area contributed by atoms with Crippen LogP contribution in [0.1, 0.15) is 34.7 Å². The highest BCUT2D eigenvalue weighted by atomic mass is 79.9. The van der Waals surface area contributed by atoms with Crippen LogP contribution in [-0.2, 0) is 0 Å². The Morgan fingerprint density at radius 1 is 0.966 bits per heavy atom. The molecular weight excluding hydrogens is 444 g/mol. The largest absolute Gasteiger partial charge is 0.464 e. The molecule has 0 radical (unpaired) electrons. The molecule has 142 valence electrons. The van der Waals surface area contributed by atoms with Crippen LogP contribution in [0.5, 0.6) is 5.75 Å². The van der Waals surface area contributed by atoms with Gasteiger partial charge in [0.05, 0.1) is 16.6 Å². The maximum atomic E-state index is 6.41. The Balaban J connectivity index is 1.46. The summed E-state index contributed by atoms with van der Waals surface area (Å²) >= 11 is 5.33. The van der Waals surface area contributed by atoms with Gasteiger partial charge in [-0.3, -0.25) is 0 Å². The zero-order valence-electron chi connectivity index (χ0n) is 15.5. The number of hydrogen-bond donors (Lipinski definition) is 0. The summed E-state index contributed by atoms with van der Waals surface area (Å²) in [5.74, 6) is 0.947. The van der Waals surface area contributed by atoms with Crippen LogP contribution in [0.15, 0.2) is 87.8 Å². The topological polar surface area (TPSA) is 24.8 Å². The molecule has 0 bridgehead atoms. The molecule has 0 aliphatic carbocycles. The Morgan fingerprint density at radius 3 is 2.72 bits per heavy atom. The first-order valence-electron chi connectivity index (χ1n) is 9.61. The first kappa shape index (κ1) is 17.2. The predicted molar refractivity (Wildman–Crippen MR) is 122 cm³/mol. The number of halogens is 1. The molecule has 1 aromatic heterocycles. The van der Waals surface area contributed by atoms with Crippen molar-refractivity contribution in [1.29, 1.82) is 0 Å². The van der Waals surface area contributed by atoms with Gasteiger partial charge < -0.3 is 4.74 Å². The van der Waals surface area contributed by atoms with Gasteiger partial charge in [0.1, 0.15) is 5.75 Å². The van der Waals surface area contributed by atoms with Gasteiger partial charge in [0.2, 0.25) is 6.23 Å². The van der Waals surface area contributed by atoms with Gasteiger partial charge in [-0.25, -0.2) is 5.01 Å². The molecule has 3 heterocycles. The number of hydrogen-bond acceptors (Lipinski definition) is 4. The molecule has 3 nitrogen and oxygen atoms in total. The van der Waals surface area contributed by atoms with Crippen molar-refractivity contribution in [3.8, 4) is 5.75 Å². The number of nitrogens with zero attached hydrogens (tertiary/aromatic N) is 2. The van der Waals surface area contributed by atoms with Crippen LogP contribution in [-0.4, -0.2) is 10.7 Å². The van der Waals surface area contributed by atoms with E-state index in [0.29, 0.717) is 0 Å². The molecular formula is C24H17BrN2OS. The Kier molecular flexibility index (Phi) is 3.99. The summed E-state index contributed by atoms with van der Waals surface area (Å²) in [7, 11) is 0. The molecule has 2 atom stereocenters. The van der Waals surface area contributed by atoms with Crippen LogP contribution < -0.4 is 4.74 Å². The van der Waals surface area contributed by atoms with Gasteiger partial charge >= 0.3 is 0 Å². The van der Waals surface area contributed by atoms with Crippen LogP contribution in [0.25, 0.3) is 10.8 Å². The van der Waals surface area contributed by atoms with Crippen LogP contribution in [0, 0.1) is 0 Å². The van der Waals surface area contributed by atoms with Crippen molar-refractivity contribution < 1.29 is 4.74 Å². The molecule has 5 heteroatoms. The molecule has 0 saturated carbocycles. The lowest BCUT2D eigenvalue weighted by molar-refractivity contribution is -0.0166. The van der Waals surface area contributed by atoms with Crippen molar-refractivity contribution in [2.75, 3.05) is 0 Å². The zero-order valence-corrected chi connectivity index (χ0v) is 17.9. The number of ether oxygens (including phenoxy) is 1. The van der Waals surface area contributed by atoms with E-state index in [2.05, 4.69) is 93.0 Å². The zero-order chi connectivity index (χ0) is 19.4. The van der Waals surface area contributed by atoms with E-state index in [9.17, 15) is 0 Å². The van der Waals surface area contributed by atoms with E-state index in [0.717, 1.165) is 22.4 Å². The highest BCUT2D eigenvalue weighted by Gasteiger charge is 2.41. The maximum Gasteiger partial charge on any atom is 0.222 e. The van der Waals surface area contributed by atoms with Gasteiger partial charge in [0.15, 0.2) is 0 Å². The first-order valence-corrected chi connectivity index (χ1v) is 11.3. The van der Waals surface area contributed by atoms with Crippen LogP contribution in [0.3, 0.4) is 0 Å². The summed E-state index contributed by atoms with van der Waals surface area (Å²) in [5, 5.41) is 11.8. The van der Waals surface area contributed by atoms with Gasteiger partial charge in [-0.1, -0.05) is 58.4 Å². The average molecular weight is 461 g/mol. The van der Waals surface area contributed by atoms with Gasteiger partial charge in [0, 0.05) is 16.5 Å². The van der Waals surface area contributed by atoms with E-state index in [1.54, 1.807) is 11.3 Å². The fourth-order valence-electron chi connectivity index (χ4n) is 4.22. The van der Waals surface area contributed by atoms with Gasteiger partial charge in [-0.2, -0.15) is 5.10 Å². The molecule has 0 amide bonds. The molecule has 3 aromatic carbocycles. The predicted octanol–water partition coefficient (Wildman–Crippen LogP) is 6.91. The Bertz CT molecular complexity index is 1250. The summed E-state index contributed by atoms with van der Waals surface area (Å²) < 4.78 is 7.47. The molecule has 0 fully saturated rings. The average Bonchev–Trinajstić information content (AvgIpc) is 3.43. The fraction of sp³-hybridized carbons (Fsp3) is 0.125. The highest BCUT2D eigenvalue weighted by Crippen LogP contribution is 2.48. The van der Waals surface area contributed by atoms with Crippen LogP contribution in [0.4, 0.5) is 0 Å². The van der Waals surface area contributed by atoms with E-state index >= 15 is 0 Å². The molecule has 2 unspecified atom stereocenters. The summed E-state index contributed by atoms with van der Waals surface area (Å²) in [6.45, 7) is 0. The minimum Gasteiger partial charge on any atom is -0.464 e. The number of hydrazone groups is 1. The summed E-state index contributed by atoms with van der Waals surface area (Å²) in [6.07, 6.45) is 0.680. The molecule has 6 rings (SSSR count). The van der Waals surface area contributed by atoms with E-state index in [4.69, 9.17) is 9.84 Å². The van der Waals surface area contributed by atoms with Crippen molar-refractivity contribution in [1.82, 2.24) is 5.01 Å². The standard InChI is InChI=1S/C24H17BrN2OS/c25-18-9-10-22-19(13-18)21-14-20(17-8-7-15-4-1-2-5-16(15)12-17)26-27(21)24(28-22)23-6-3-11-29-23/h1-13,21,24H,14H2. The van der Waals surface area contributed by atoms with Crippen molar-refractivity contribution in [3.05, 3.63) is 98.7 Å². The quantitative estimate of drug-likeness (QED) is 0.324. The fourth-order valence-corrected chi connectivity index (χ4v) is 5.34. The first-order chi connectivity index (χ1) is 14.3. The summed E-state index contributed by atoms with van der Waals surface area (Å²) in [4.78, 5) is 1.17. The number of fused-ring (bicyclic) bond motifs is 4. The smallest absolute Gasteiger partial charge is 0.222 e. The lowest BCUT2D eigenvalue weighted by Gasteiger charge is -2.37. The number of rotatable bonds is 2. The molecule has 4 aromatic rings. The van der Waals surface area contributed by atoms with E-state index in [-0.39, 0.29) is 12.3 Å². The van der Waals surface area contributed by atoms with Crippen molar-refractivity contribution in [3.63, 3.8) is 0 Å². The molecule has 2 aliphatic rings. The Labute approximate surface area is 181 Å². The summed E-state index contributed by atoms with van der Waals surface area (Å²) in [6, 6.07) is 25.7. The second-order valence-electron chi connectivity index (χ2n) is 7.38. The lowest BCUT2D eigenvalue weighted by Crippen LogP contribution is -2.33. The monoisotopic (exact) mass is 460 g/mol. The highest BCUT2D eigenvalue weighted by molar-refractivity contribution is 9.10. The van der Waals surface area contributed by atoms with E-state index in [1.807, 2.05) is 6.07 Å². The van der Waals surface area contributed by atoms with Gasteiger partial charge in [0.25, 0.3) is 0 Å². The molecule has 0 saturated heterocycles. The second kappa shape index (κ2) is 6.71. The van der Waals surface area contributed by atoms with Crippen LogP contribution in [0.2, 0.25) is 0 Å². The molecule has 0 N–H and O–H groups in total. The molecule has 2 aliphatic heterocycles. The van der Waals surface area contributed by atoms with Crippen molar-refractivity contribution >= 4 is 43.8 Å². The summed E-state index contributed by atoms with van der Waals surface area (Å²) in [5.41, 5.74) is 3.48. The van der Waals surface area contributed by atoms with E-state index in [1.165, 1.54) is 26.8 Å². The normalized spacial score (nSPS) is 20.2. The lowest BCUT2D eigenvalue weighted by atomic mass is 9.95. The van der Waals surface area contributed by atoms with Crippen molar-refractivity contribution in [2.45, 2.75) is 18.7 Å². The number of thiophene rings is 1. The Morgan fingerprint density at radius 2 is 1.86 bits per heavy atom. The SMILES string of the molecule is Brc1ccc2c(c1)C1CC(c3ccc4ccccc4c3)=NN1C(c1cccs1)O2. The van der Waals surface area contributed by atoms with Gasteiger partial charge in [-0.15, -0.1) is 11.3 Å². The van der Waals surface area contributed by atoms with Gasteiger partial charge in [-0.05, 0) is 52.0 Å². The minimum atomic E-state index is -0.188. The third-order valence-electron chi connectivity index (χ3n) is 5.62. The third kappa shape index (κ3) is 2.88. The Hall–Kier alpha value is -2.63. The maximum absolute atomic E-state index is 6.41. The number of benzene rings is 3. The van der Waals surface area contributed by atoms with Crippen LogP contribution >= 0.6 is 27.3 Å². The third-order valence-corrected chi connectivity index (χ3v) is 7.02. The second-order valence-corrected chi connectivity index (χ2v) is 9.27.